The minimum atomic E-state index is -1.16. The molecule has 1 amide bonds. The Morgan fingerprint density at radius 1 is 1.40 bits per heavy atom. The van der Waals surface area contributed by atoms with Crippen LogP contribution in [0.2, 0.25) is 0 Å². The number of nitro groups is 1. The number of benzene rings is 1. The van der Waals surface area contributed by atoms with Gasteiger partial charge in [0.25, 0.3) is 5.91 Å². The van der Waals surface area contributed by atoms with Gasteiger partial charge >= 0.3 is 5.69 Å². The summed E-state index contributed by atoms with van der Waals surface area (Å²) in [7, 11) is 0. The smallest absolute Gasteiger partial charge is 0.310 e. The lowest BCUT2D eigenvalue weighted by atomic mass is 10.1. The monoisotopic (exact) mass is 284 g/mol. The van der Waals surface area contributed by atoms with Gasteiger partial charge in [0.2, 0.25) is 0 Å². The maximum atomic E-state index is 11.6. The van der Waals surface area contributed by atoms with Crippen molar-refractivity contribution in [3.8, 4) is 5.75 Å². The zero-order valence-electron chi connectivity index (χ0n) is 10.9. The van der Waals surface area contributed by atoms with Crippen LogP contribution in [0.3, 0.4) is 0 Å². The van der Waals surface area contributed by atoms with Gasteiger partial charge in [0.1, 0.15) is 0 Å². The largest absolute Gasteiger partial charge is 0.477 e. The van der Waals surface area contributed by atoms with Gasteiger partial charge in [-0.2, -0.15) is 0 Å². The molecule has 0 saturated heterocycles. The van der Waals surface area contributed by atoms with Crippen molar-refractivity contribution in [3.05, 3.63) is 34.4 Å². The molecule has 20 heavy (non-hydrogen) atoms. The molecule has 0 bridgehead atoms. The summed E-state index contributed by atoms with van der Waals surface area (Å²) < 4.78 is 5.08. The van der Waals surface area contributed by atoms with E-state index in [1.165, 1.54) is 25.1 Å². The minimum absolute atomic E-state index is 0.0256. The first-order chi connectivity index (χ1) is 9.41. The molecule has 8 heteroatoms. The van der Waals surface area contributed by atoms with Crippen molar-refractivity contribution in [2.45, 2.75) is 12.5 Å². The van der Waals surface area contributed by atoms with Crippen molar-refractivity contribution in [1.82, 2.24) is 5.32 Å². The van der Waals surface area contributed by atoms with Crippen molar-refractivity contribution in [2.75, 3.05) is 19.8 Å². The molecule has 1 aromatic rings. The van der Waals surface area contributed by atoms with E-state index in [1.807, 2.05) is 0 Å². The third-order valence-electron chi connectivity index (χ3n) is 2.56. The summed E-state index contributed by atoms with van der Waals surface area (Å²) in [6.07, 6.45) is 0. The molecule has 1 rings (SSSR count). The van der Waals surface area contributed by atoms with Crippen LogP contribution in [0.25, 0.3) is 0 Å². The highest BCUT2D eigenvalue weighted by Gasteiger charge is 2.25. The molecule has 0 aliphatic carbocycles. The average Bonchev–Trinajstić information content (AvgIpc) is 2.45. The first-order valence-electron chi connectivity index (χ1n) is 5.81. The number of aliphatic hydroxyl groups is 2. The van der Waals surface area contributed by atoms with E-state index in [4.69, 9.17) is 14.9 Å². The van der Waals surface area contributed by atoms with Gasteiger partial charge in [0.05, 0.1) is 23.7 Å². The summed E-state index contributed by atoms with van der Waals surface area (Å²) in [6.45, 7) is 0.109. The van der Waals surface area contributed by atoms with E-state index in [1.54, 1.807) is 6.07 Å². The number of hydrogen-bond acceptors (Lipinski definition) is 6. The van der Waals surface area contributed by atoms with E-state index < -0.39 is 36.2 Å². The molecule has 8 nitrogen and oxygen atoms in total. The van der Waals surface area contributed by atoms with Crippen LogP contribution in [0.1, 0.15) is 6.92 Å². The van der Waals surface area contributed by atoms with Crippen molar-refractivity contribution < 1.29 is 24.7 Å². The minimum Gasteiger partial charge on any atom is -0.477 e. The fourth-order valence-corrected chi connectivity index (χ4v) is 1.38. The number of nitrogens with one attached hydrogen (secondary N) is 1. The molecule has 0 aliphatic heterocycles. The molecule has 0 aliphatic rings. The zero-order valence-corrected chi connectivity index (χ0v) is 10.9. The second-order valence-electron chi connectivity index (χ2n) is 4.44. The number of carbonyl (C=O) groups excluding carboxylic acids is 1. The molecule has 0 radical (unpaired) electrons. The molecule has 3 N–H and O–H groups in total. The molecule has 0 saturated carbocycles. The second kappa shape index (κ2) is 6.83. The van der Waals surface area contributed by atoms with Crippen LogP contribution in [-0.2, 0) is 4.79 Å². The predicted molar refractivity (Wildman–Crippen MR) is 69.3 cm³/mol. The summed E-state index contributed by atoms with van der Waals surface area (Å²) in [5, 5.41) is 31.2. The lowest BCUT2D eigenvalue weighted by molar-refractivity contribution is -0.385. The van der Waals surface area contributed by atoms with Crippen LogP contribution < -0.4 is 10.1 Å². The molecule has 110 valence electrons. The van der Waals surface area contributed by atoms with Crippen LogP contribution in [0.4, 0.5) is 5.69 Å². The van der Waals surface area contributed by atoms with Gasteiger partial charge in [0, 0.05) is 6.07 Å². The fraction of sp³-hybridized carbons (Fsp3) is 0.417. The Balaban J connectivity index is 2.64. The highest BCUT2D eigenvalue weighted by Crippen LogP contribution is 2.25. The normalized spacial score (nSPS) is 10.9. The third kappa shape index (κ3) is 4.18. The van der Waals surface area contributed by atoms with E-state index in [9.17, 15) is 14.9 Å². The average molecular weight is 284 g/mol. The zero-order chi connectivity index (χ0) is 15.2. The van der Waals surface area contributed by atoms with Crippen molar-refractivity contribution >= 4 is 11.6 Å². The number of nitrogens with zero attached hydrogens (tertiary/aromatic N) is 1. The molecule has 1 aromatic carbocycles. The number of rotatable bonds is 7. The molecular formula is C12H16N2O6. The third-order valence-corrected chi connectivity index (χ3v) is 2.56. The molecule has 0 aromatic heterocycles. The van der Waals surface area contributed by atoms with Gasteiger partial charge in [-0.1, -0.05) is 12.1 Å². The van der Waals surface area contributed by atoms with Gasteiger partial charge in [0.15, 0.2) is 12.4 Å². The molecule has 0 unspecified atom stereocenters. The van der Waals surface area contributed by atoms with Crippen molar-refractivity contribution in [2.24, 2.45) is 0 Å². The van der Waals surface area contributed by atoms with E-state index >= 15 is 0 Å². The fourth-order valence-electron chi connectivity index (χ4n) is 1.38. The maximum Gasteiger partial charge on any atom is 0.310 e. The Kier molecular flexibility index (Phi) is 5.42. The Bertz CT molecular complexity index is 487. The van der Waals surface area contributed by atoms with Gasteiger partial charge < -0.3 is 20.3 Å². The Labute approximate surface area is 115 Å². The maximum absolute atomic E-state index is 11.6. The van der Waals surface area contributed by atoms with Crippen molar-refractivity contribution in [1.29, 1.82) is 0 Å². The number of hydrogen-bond donors (Lipinski definition) is 3. The SMILES string of the molecule is CC(CO)(CO)NC(=O)COc1ccccc1[N+](=O)[O-]. The summed E-state index contributed by atoms with van der Waals surface area (Å²) >= 11 is 0. The summed E-state index contributed by atoms with van der Waals surface area (Å²) in [5.74, 6) is -0.629. The molecule has 0 spiro atoms. The summed E-state index contributed by atoms with van der Waals surface area (Å²) in [6, 6.07) is 5.67. The van der Waals surface area contributed by atoms with Crippen LogP contribution in [0.5, 0.6) is 5.75 Å². The molecule has 0 fully saturated rings. The van der Waals surface area contributed by atoms with E-state index in [0.29, 0.717) is 0 Å². The Morgan fingerprint density at radius 3 is 2.55 bits per heavy atom. The lowest BCUT2D eigenvalue weighted by Gasteiger charge is -2.26. The van der Waals surface area contributed by atoms with Crippen LogP contribution in [-0.4, -0.2) is 46.4 Å². The molecule has 0 heterocycles. The van der Waals surface area contributed by atoms with Crippen LogP contribution in [0, 0.1) is 10.1 Å². The van der Waals surface area contributed by atoms with E-state index in [2.05, 4.69) is 5.32 Å². The quantitative estimate of drug-likeness (QED) is 0.472. The van der Waals surface area contributed by atoms with Gasteiger partial charge in [-0.05, 0) is 13.0 Å². The Morgan fingerprint density at radius 2 is 2.00 bits per heavy atom. The number of ether oxygens (including phenoxy) is 1. The van der Waals surface area contributed by atoms with Crippen molar-refractivity contribution in [3.63, 3.8) is 0 Å². The Hall–Kier alpha value is -2.19. The summed E-state index contributed by atoms with van der Waals surface area (Å²) in [4.78, 5) is 21.7. The van der Waals surface area contributed by atoms with Gasteiger partial charge in [-0.15, -0.1) is 0 Å². The number of nitro benzene ring substituents is 1. The number of amides is 1. The first-order valence-corrected chi connectivity index (χ1v) is 5.81. The van der Waals surface area contributed by atoms with Crippen LogP contribution >= 0.6 is 0 Å². The van der Waals surface area contributed by atoms with Crippen LogP contribution in [0.15, 0.2) is 24.3 Å². The highest BCUT2D eigenvalue weighted by atomic mass is 16.6. The topological polar surface area (TPSA) is 122 Å². The van der Waals surface area contributed by atoms with E-state index in [-0.39, 0.29) is 11.4 Å². The number of para-hydroxylation sites is 2. The summed E-state index contributed by atoms with van der Waals surface area (Å²) in [5.41, 5.74) is -1.41. The van der Waals surface area contributed by atoms with Gasteiger partial charge in [-0.25, -0.2) is 0 Å². The first kappa shape index (κ1) is 15.9. The second-order valence-corrected chi connectivity index (χ2v) is 4.44. The highest BCUT2D eigenvalue weighted by molar-refractivity contribution is 5.78. The molecular weight excluding hydrogens is 268 g/mol. The number of carbonyl (C=O) groups is 1. The number of aliphatic hydroxyl groups excluding tert-OH is 2. The lowest BCUT2D eigenvalue weighted by Crippen LogP contribution is -2.53. The standard InChI is InChI=1S/C12H16N2O6/c1-12(7-15,8-16)13-11(17)6-20-10-5-3-2-4-9(10)14(18)19/h2-5,15-16H,6-8H2,1H3,(H,13,17). The van der Waals surface area contributed by atoms with Gasteiger partial charge in [-0.3, -0.25) is 14.9 Å². The van der Waals surface area contributed by atoms with E-state index in [0.717, 1.165) is 0 Å². The molecule has 0 atom stereocenters. The predicted octanol–water partition coefficient (Wildman–Crippen LogP) is -0.167.